The number of benzene rings is 2. The summed E-state index contributed by atoms with van der Waals surface area (Å²) in [5.74, 6) is -0.0750. The second-order valence-electron chi connectivity index (χ2n) is 4.19. The molecule has 0 fully saturated rings. The third kappa shape index (κ3) is 3.04. The number of rotatable bonds is 4. The molecule has 19 heavy (non-hydrogen) atoms. The minimum Gasteiger partial charge on any atom is -0.355 e. The number of hydrogen-bond acceptors (Lipinski definition) is 2. The summed E-state index contributed by atoms with van der Waals surface area (Å²) in [5, 5.41) is 3.59. The fraction of sp³-hybridized carbons (Fsp3) is 0.0625. The molecule has 0 saturated heterocycles. The number of ketones is 1. The molecule has 2 aromatic rings. The number of Topliss-reactive ketones (excluding diaryl/α,β-unsaturated/α-hetero) is 1. The maximum absolute atomic E-state index is 11.7. The Labute approximate surface area is 117 Å². The number of hydrogen-bond donors (Lipinski definition) is 1. The summed E-state index contributed by atoms with van der Waals surface area (Å²) >= 11 is 6.06. The number of halogens is 1. The Morgan fingerprint density at radius 3 is 2.42 bits per heavy atom. The van der Waals surface area contributed by atoms with Gasteiger partial charge in [0, 0.05) is 5.70 Å². The van der Waals surface area contributed by atoms with Gasteiger partial charge in [-0.25, -0.2) is 0 Å². The van der Waals surface area contributed by atoms with Crippen LogP contribution in [0, 0.1) is 0 Å². The quantitative estimate of drug-likeness (QED) is 0.822. The highest BCUT2D eigenvalue weighted by Crippen LogP contribution is 2.27. The first-order chi connectivity index (χ1) is 9.09. The molecule has 96 valence electrons. The van der Waals surface area contributed by atoms with E-state index in [1.54, 1.807) is 12.1 Å². The number of nitrogens with one attached hydrogen (secondary N) is 1. The van der Waals surface area contributed by atoms with Crippen LogP contribution in [0.5, 0.6) is 0 Å². The fourth-order valence-corrected chi connectivity index (χ4v) is 2.17. The molecule has 0 bridgehead atoms. The monoisotopic (exact) mass is 271 g/mol. The van der Waals surface area contributed by atoms with E-state index in [1.165, 1.54) is 6.92 Å². The van der Waals surface area contributed by atoms with Gasteiger partial charge in [0.15, 0.2) is 5.78 Å². The van der Waals surface area contributed by atoms with Crippen LogP contribution in [0.15, 0.2) is 55.1 Å². The summed E-state index contributed by atoms with van der Waals surface area (Å²) in [6.45, 7) is 5.48. The van der Waals surface area contributed by atoms with E-state index in [-0.39, 0.29) is 5.78 Å². The van der Waals surface area contributed by atoms with Gasteiger partial charge in [0.1, 0.15) is 0 Å². The number of anilines is 1. The van der Waals surface area contributed by atoms with Gasteiger partial charge in [-0.3, -0.25) is 4.79 Å². The molecule has 0 unspecified atom stereocenters. The molecule has 0 heterocycles. The molecule has 0 aliphatic heterocycles. The van der Waals surface area contributed by atoms with Gasteiger partial charge in [-0.1, -0.05) is 54.6 Å². The van der Waals surface area contributed by atoms with Crippen molar-refractivity contribution in [3.05, 3.63) is 71.3 Å². The molecule has 2 rings (SSSR count). The first kappa shape index (κ1) is 13.4. The zero-order valence-electron chi connectivity index (χ0n) is 10.6. The van der Waals surface area contributed by atoms with Crippen molar-refractivity contribution in [2.45, 2.75) is 6.92 Å². The van der Waals surface area contributed by atoms with Crippen LogP contribution in [0.3, 0.4) is 0 Å². The van der Waals surface area contributed by atoms with Crippen LogP contribution in [-0.4, -0.2) is 5.78 Å². The van der Waals surface area contributed by atoms with E-state index >= 15 is 0 Å². The zero-order valence-corrected chi connectivity index (χ0v) is 11.4. The Hall–Kier alpha value is -2.06. The zero-order chi connectivity index (χ0) is 13.8. The van der Waals surface area contributed by atoms with Gasteiger partial charge in [-0.15, -0.1) is 0 Å². The van der Waals surface area contributed by atoms with Crippen molar-refractivity contribution in [2.75, 3.05) is 5.32 Å². The van der Waals surface area contributed by atoms with Crippen molar-refractivity contribution >= 4 is 28.8 Å². The van der Waals surface area contributed by atoms with Crippen molar-refractivity contribution in [3.8, 4) is 0 Å². The Morgan fingerprint density at radius 2 is 1.79 bits per heavy atom. The van der Waals surface area contributed by atoms with Crippen LogP contribution in [0.2, 0.25) is 5.02 Å². The van der Waals surface area contributed by atoms with Crippen LogP contribution in [0.1, 0.15) is 22.8 Å². The molecule has 2 nitrogen and oxygen atoms in total. The van der Waals surface area contributed by atoms with Crippen molar-refractivity contribution in [1.29, 1.82) is 0 Å². The van der Waals surface area contributed by atoms with Crippen molar-refractivity contribution in [3.63, 3.8) is 0 Å². The summed E-state index contributed by atoms with van der Waals surface area (Å²) in [5.41, 5.74) is 2.86. The first-order valence-electron chi connectivity index (χ1n) is 5.90. The summed E-state index contributed by atoms with van der Waals surface area (Å²) in [6.07, 6.45) is 0. The summed E-state index contributed by atoms with van der Waals surface area (Å²) in [4.78, 5) is 11.7. The maximum atomic E-state index is 11.7. The fourth-order valence-electron chi connectivity index (χ4n) is 1.86. The Balaban J connectivity index is 2.32. The van der Waals surface area contributed by atoms with Gasteiger partial charge in [-0.05, 0) is 24.6 Å². The molecule has 0 saturated carbocycles. The average molecular weight is 272 g/mol. The predicted molar refractivity (Wildman–Crippen MR) is 80.6 cm³/mol. The van der Waals surface area contributed by atoms with Gasteiger partial charge < -0.3 is 5.32 Å². The molecule has 3 heteroatoms. The molecule has 2 aromatic carbocycles. The molecule has 0 radical (unpaired) electrons. The normalized spacial score (nSPS) is 10.0. The molecule has 0 amide bonds. The van der Waals surface area contributed by atoms with Gasteiger partial charge in [-0.2, -0.15) is 0 Å². The topological polar surface area (TPSA) is 29.1 Å². The van der Waals surface area contributed by atoms with Crippen molar-refractivity contribution in [1.82, 2.24) is 0 Å². The third-order valence-corrected chi connectivity index (χ3v) is 3.09. The molecule has 0 aliphatic carbocycles. The largest absolute Gasteiger partial charge is 0.355 e. The predicted octanol–water partition coefficient (Wildman–Crippen LogP) is 4.63. The van der Waals surface area contributed by atoms with Gasteiger partial charge in [0.25, 0.3) is 0 Å². The smallest absolute Gasteiger partial charge is 0.163 e. The summed E-state index contributed by atoms with van der Waals surface area (Å²) in [6, 6.07) is 15.0. The van der Waals surface area contributed by atoms with Crippen LogP contribution in [-0.2, 0) is 0 Å². The van der Waals surface area contributed by atoms with E-state index in [2.05, 4.69) is 11.9 Å². The minimum atomic E-state index is -0.0750. The van der Waals surface area contributed by atoms with Gasteiger partial charge in [0.2, 0.25) is 0 Å². The van der Waals surface area contributed by atoms with Gasteiger partial charge >= 0.3 is 0 Å². The van der Waals surface area contributed by atoms with E-state index < -0.39 is 0 Å². The van der Waals surface area contributed by atoms with Crippen LogP contribution in [0.25, 0.3) is 5.70 Å². The Bertz CT molecular complexity index is 620. The lowest BCUT2D eigenvalue weighted by molar-refractivity contribution is 0.101. The number of carbonyl (C=O) groups is 1. The molecule has 0 spiro atoms. The van der Waals surface area contributed by atoms with E-state index in [1.807, 2.05) is 36.4 Å². The second-order valence-corrected chi connectivity index (χ2v) is 4.60. The summed E-state index contributed by atoms with van der Waals surface area (Å²) in [7, 11) is 0. The van der Waals surface area contributed by atoms with Crippen LogP contribution >= 0.6 is 11.6 Å². The van der Waals surface area contributed by atoms with Crippen molar-refractivity contribution in [2.24, 2.45) is 0 Å². The van der Waals surface area contributed by atoms with Gasteiger partial charge in [0.05, 0.1) is 16.3 Å². The lowest BCUT2D eigenvalue weighted by atomic mass is 10.1. The SMILES string of the molecule is C=C(Nc1cccc(Cl)c1C(C)=O)c1ccccc1. The molecule has 1 N–H and O–H groups in total. The minimum absolute atomic E-state index is 0.0750. The Kier molecular flexibility index (Phi) is 4.03. The highest BCUT2D eigenvalue weighted by Gasteiger charge is 2.12. The highest BCUT2D eigenvalue weighted by atomic mass is 35.5. The lowest BCUT2D eigenvalue weighted by Gasteiger charge is -2.13. The third-order valence-electron chi connectivity index (χ3n) is 2.77. The molecule has 0 atom stereocenters. The van der Waals surface area contributed by atoms with Crippen LogP contribution < -0.4 is 5.32 Å². The van der Waals surface area contributed by atoms with E-state index in [0.29, 0.717) is 16.3 Å². The first-order valence-corrected chi connectivity index (χ1v) is 6.28. The van der Waals surface area contributed by atoms with E-state index in [0.717, 1.165) is 11.3 Å². The van der Waals surface area contributed by atoms with Crippen molar-refractivity contribution < 1.29 is 4.79 Å². The molecule has 0 aromatic heterocycles. The molecular formula is C16H14ClNO. The molecule has 0 aliphatic rings. The lowest BCUT2D eigenvalue weighted by Crippen LogP contribution is -2.04. The average Bonchev–Trinajstić information content (AvgIpc) is 2.39. The van der Waals surface area contributed by atoms with E-state index in [4.69, 9.17) is 11.6 Å². The number of carbonyl (C=O) groups excluding carboxylic acids is 1. The highest BCUT2D eigenvalue weighted by molar-refractivity contribution is 6.34. The standard InChI is InChI=1S/C16H14ClNO/c1-11(13-7-4-3-5-8-13)18-15-10-6-9-14(17)16(15)12(2)19/h3-10,18H,1H2,2H3. The maximum Gasteiger partial charge on any atom is 0.163 e. The second kappa shape index (κ2) is 5.72. The molecular weight excluding hydrogens is 258 g/mol. The van der Waals surface area contributed by atoms with E-state index in [9.17, 15) is 4.79 Å². The van der Waals surface area contributed by atoms with Crippen LogP contribution in [0.4, 0.5) is 5.69 Å². The Morgan fingerprint density at radius 1 is 1.11 bits per heavy atom. The summed E-state index contributed by atoms with van der Waals surface area (Å²) < 4.78 is 0.